The second kappa shape index (κ2) is 3.93. The van der Waals surface area contributed by atoms with Crippen molar-refractivity contribution in [2.75, 3.05) is 0 Å². The van der Waals surface area contributed by atoms with E-state index in [1.807, 2.05) is 5.51 Å². The molecule has 0 saturated heterocycles. The van der Waals surface area contributed by atoms with Crippen molar-refractivity contribution in [3.63, 3.8) is 0 Å². The Kier molecular flexibility index (Phi) is 2.64. The van der Waals surface area contributed by atoms with Gasteiger partial charge in [0.15, 0.2) is 0 Å². The Balaban J connectivity index is 2.47. The minimum absolute atomic E-state index is 1.08. The molecule has 0 amide bonds. The van der Waals surface area contributed by atoms with Gasteiger partial charge in [-0.05, 0) is 25.0 Å². The Morgan fingerprint density at radius 1 is 1.36 bits per heavy atom. The molecule has 0 aliphatic heterocycles. The maximum absolute atomic E-state index is 4.38. The average Bonchev–Trinajstić information content (AvgIpc) is 2.65. The van der Waals surface area contributed by atoms with E-state index in [-0.39, 0.29) is 0 Å². The number of hydrogen-bond acceptors (Lipinski definition) is 2. The zero-order valence-electron chi connectivity index (χ0n) is 8.45. The molecule has 0 aliphatic rings. The molecule has 0 saturated carbocycles. The summed E-state index contributed by atoms with van der Waals surface area (Å²) in [6.07, 6.45) is 1.08. The summed E-state index contributed by atoms with van der Waals surface area (Å²) in [7, 11) is 0. The Bertz CT molecular complexity index is 431. The fraction of sp³-hybridized carbons (Fsp3) is 0.250. The van der Waals surface area contributed by atoms with E-state index in [4.69, 9.17) is 0 Å². The molecular formula is C12H13NS. The quantitative estimate of drug-likeness (QED) is 0.725. The van der Waals surface area contributed by atoms with E-state index < -0.39 is 0 Å². The summed E-state index contributed by atoms with van der Waals surface area (Å²) in [6.45, 7) is 4.29. The van der Waals surface area contributed by atoms with E-state index in [0.29, 0.717) is 0 Å². The highest BCUT2D eigenvalue weighted by Crippen LogP contribution is 2.25. The standard InChI is InChI=1S/C12H13NS/c1-3-10-5-4-6-11(7-10)12-9(2)14-8-13-12/h4-8H,3H2,1-2H3. The topological polar surface area (TPSA) is 12.9 Å². The van der Waals surface area contributed by atoms with Gasteiger partial charge >= 0.3 is 0 Å². The van der Waals surface area contributed by atoms with Crippen molar-refractivity contribution < 1.29 is 0 Å². The van der Waals surface area contributed by atoms with Crippen molar-refractivity contribution in [1.82, 2.24) is 4.98 Å². The normalized spacial score (nSPS) is 10.4. The van der Waals surface area contributed by atoms with Gasteiger partial charge < -0.3 is 0 Å². The van der Waals surface area contributed by atoms with Crippen LogP contribution in [-0.4, -0.2) is 4.98 Å². The fourth-order valence-corrected chi connectivity index (χ4v) is 2.12. The summed E-state index contributed by atoms with van der Waals surface area (Å²) in [4.78, 5) is 5.67. The molecule has 0 aliphatic carbocycles. The van der Waals surface area contributed by atoms with Gasteiger partial charge in [-0.2, -0.15) is 0 Å². The van der Waals surface area contributed by atoms with Gasteiger partial charge in [-0.15, -0.1) is 11.3 Å². The zero-order valence-corrected chi connectivity index (χ0v) is 9.27. The van der Waals surface area contributed by atoms with Crippen LogP contribution >= 0.6 is 11.3 Å². The van der Waals surface area contributed by atoms with Gasteiger partial charge in [0.1, 0.15) is 0 Å². The summed E-state index contributed by atoms with van der Waals surface area (Å²) in [5.74, 6) is 0. The SMILES string of the molecule is CCc1cccc(-c2ncsc2C)c1. The van der Waals surface area contributed by atoms with Crippen LogP contribution in [-0.2, 0) is 6.42 Å². The molecule has 0 unspecified atom stereocenters. The van der Waals surface area contributed by atoms with Gasteiger partial charge in [0.05, 0.1) is 11.2 Å². The third kappa shape index (κ3) is 1.70. The molecule has 0 atom stereocenters. The smallest absolute Gasteiger partial charge is 0.0840 e. The molecule has 2 rings (SSSR count). The van der Waals surface area contributed by atoms with Crippen LogP contribution in [0.25, 0.3) is 11.3 Å². The third-order valence-corrected chi connectivity index (χ3v) is 3.11. The van der Waals surface area contributed by atoms with Gasteiger partial charge in [-0.1, -0.05) is 25.1 Å². The molecule has 0 radical (unpaired) electrons. The van der Waals surface area contributed by atoms with Gasteiger partial charge in [-0.3, -0.25) is 0 Å². The fourth-order valence-electron chi connectivity index (χ4n) is 1.52. The van der Waals surface area contributed by atoms with E-state index in [1.54, 1.807) is 11.3 Å². The Labute approximate surface area is 88.4 Å². The van der Waals surface area contributed by atoms with Gasteiger partial charge in [0, 0.05) is 10.4 Å². The Morgan fingerprint density at radius 3 is 2.86 bits per heavy atom. The molecule has 2 aromatic rings. The Morgan fingerprint density at radius 2 is 2.21 bits per heavy atom. The number of aryl methyl sites for hydroxylation is 2. The van der Waals surface area contributed by atoms with E-state index in [9.17, 15) is 0 Å². The van der Waals surface area contributed by atoms with Crippen LogP contribution < -0.4 is 0 Å². The van der Waals surface area contributed by atoms with Gasteiger partial charge in [-0.25, -0.2) is 4.98 Å². The molecule has 14 heavy (non-hydrogen) atoms. The maximum Gasteiger partial charge on any atom is 0.0840 e. The zero-order chi connectivity index (χ0) is 9.97. The molecule has 1 nitrogen and oxygen atoms in total. The van der Waals surface area contributed by atoms with Crippen LogP contribution in [0.15, 0.2) is 29.8 Å². The maximum atomic E-state index is 4.38. The van der Waals surface area contributed by atoms with E-state index in [2.05, 4.69) is 43.1 Å². The van der Waals surface area contributed by atoms with Crippen LogP contribution in [0, 0.1) is 6.92 Å². The van der Waals surface area contributed by atoms with Gasteiger partial charge in [0.2, 0.25) is 0 Å². The highest BCUT2D eigenvalue weighted by molar-refractivity contribution is 7.10. The minimum Gasteiger partial charge on any atom is -0.244 e. The summed E-state index contributed by atoms with van der Waals surface area (Å²) in [5, 5.41) is 0. The van der Waals surface area contributed by atoms with Crippen LogP contribution in [0.3, 0.4) is 0 Å². The molecule has 1 heterocycles. The number of thiazole rings is 1. The minimum atomic E-state index is 1.08. The Hall–Kier alpha value is -1.15. The van der Waals surface area contributed by atoms with E-state index in [1.165, 1.54) is 16.0 Å². The molecule has 0 spiro atoms. The highest BCUT2D eigenvalue weighted by atomic mass is 32.1. The second-order valence-electron chi connectivity index (χ2n) is 3.31. The van der Waals surface area contributed by atoms with E-state index in [0.717, 1.165) is 12.1 Å². The molecule has 0 bridgehead atoms. The summed E-state index contributed by atoms with van der Waals surface area (Å²) in [5.41, 5.74) is 5.65. The first-order chi connectivity index (χ1) is 6.81. The summed E-state index contributed by atoms with van der Waals surface area (Å²) >= 11 is 1.70. The number of nitrogens with zero attached hydrogens (tertiary/aromatic N) is 1. The first-order valence-electron chi connectivity index (χ1n) is 4.80. The summed E-state index contributed by atoms with van der Waals surface area (Å²) in [6, 6.07) is 8.61. The number of rotatable bonds is 2. The predicted octanol–water partition coefficient (Wildman–Crippen LogP) is 3.68. The molecule has 72 valence electrons. The number of hydrogen-bond donors (Lipinski definition) is 0. The lowest BCUT2D eigenvalue weighted by molar-refractivity contribution is 1.14. The molecule has 2 heteroatoms. The molecule has 0 fully saturated rings. The van der Waals surface area contributed by atoms with Crippen molar-refractivity contribution in [3.8, 4) is 11.3 Å². The van der Waals surface area contributed by atoms with Crippen LogP contribution in [0.5, 0.6) is 0 Å². The number of aromatic nitrogens is 1. The molecular weight excluding hydrogens is 190 g/mol. The van der Waals surface area contributed by atoms with Gasteiger partial charge in [0.25, 0.3) is 0 Å². The van der Waals surface area contributed by atoms with E-state index >= 15 is 0 Å². The van der Waals surface area contributed by atoms with Crippen molar-refractivity contribution in [2.24, 2.45) is 0 Å². The average molecular weight is 203 g/mol. The lowest BCUT2D eigenvalue weighted by atomic mass is 10.1. The van der Waals surface area contributed by atoms with Crippen molar-refractivity contribution in [3.05, 3.63) is 40.2 Å². The van der Waals surface area contributed by atoms with Crippen molar-refractivity contribution in [1.29, 1.82) is 0 Å². The number of benzene rings is 1. The molecule has 1 aromatic carbocycles. The highest BCUT2D eigenvalue weighted by Gasteiger charge is 2.04. The monoisotopic (exact) mass is 203 g/mol. The van der Waals surface area contributed by atoms with Crippen LogP contribution in [0.4, 0.5) is 0 Å². The molecule has 0 N–H and O–H groups in total. The largest absolute Gasteiger partial charge is 0.244 e. The second-order valence-corrected chi connectivity index (χ2v) is 4.37. The lowest BCUT2D eigenvalue weighted by Crippen LogP contribution is -1.83. The lowest BCUT2D eigenvalue weighted by Gasteiger charge is -2.01. The first-order valence-corrected chi connectivity index (χ1v) is 5.68. The van der Waals surface area contributed by atoms with Crippen molar-refractivity contribution >= 4 is 11.3 Å². The van der Waals surface area contributed by atoms with Crippen molar-refractivity contribution in [2.45, 2.75) is 20.3 Å². The summed E-state index contributed by atoms with van der Waals surface area (Å²) < 4.78 is 0. The van der Waals surface area contributed by atoms with Crippen LogP contribution in [0.2, 0.25) is 0 Å². The van der Waals surface area contributed by atoms with Crippen LogP contribution in [0.1, 0.15) is 17.4 Å². The first kappa shape index (κ1) is 9.41. The predicted molar refractivity (Wildman–Crippen MR) is 61.7 cm³/mol. The molecule has 1 aromatic heterocycles. The third-order valence-electron chi connectivity index (χ3n) is 2.35.